The molecule has 1 aliphatic heterocycles. The summed E-state index contributed by atoms with van der Waals surface area (Å²) in [6, 6.07) is 5.10. The largest absolute Gasteiger partial charge is 0.478 e. The molecule has 0 unspecified atom stereocenters. The van der Waals surface area contributed by atoms with Crippen LogP contribution in [0.15, 0.2) is 24.4 Å². The molecule has 98 valence electrons. The predicted molar refractivity (Wildman–Crippen MR) is 71.6 cm³/mol. The van der Waals surface area contributed by atoms with Crippen molar-refractivity contribution in [1.82, 2.24) is 15.3 Å². The maximum Gasteiger partial charge on any atom is 0.337 e. The summed E-state index contributed by atoms with van der Waals surface area (Å²) in [6.07, 6.45) is 1.69. The van der Waals surface area contributed by atoms with Crippen LogP contribution in [0.2, 0.25) is 0 Å². The summed E-state index contributed by atoms with van der Waals surface area (Å²) in [4.78, 5) is 22.0. The molecule has 0 atom stereocenters. The van der Waals surface area contributed by atoms with Gasteiger partial charge in [-0.05, 0) is 6.07 Å². The molecule has 0 aliphatic carbocycles. The Balaban J connectivity index is 2.08. The van der Waals surface area contributed by atoms with Gasteiger partial charge in [-0.25, -0.2) is 14.8 Å². The van der Waals surface area contributed by atoms with Crippen molar-refractivity contribution in [2.45, 2.75) is 0 Å². The molecule has 1 fully saturated rings. The fourth-order valence-corrected chi connectivity index (χ4v) is 2.24. The molecule has 0 amide bonds. The summed E-state index contributed by atoms with van der Waals surface area (Å²) < 4.78 is 0. The van der Waals surface area contributed by atoms with E-state index in [0.717, 1.165) is 31.6 Å². The van der Waals surface area contributed by atoms with Crippen LogP contribution in [0.4, 0.5) is 5.95 Å². The number of carboxylic acids is 1. The van der Waals surface area contributed by atoms with Crippen molar-refractivity contribution >= 4 is 22.8 Å². The number of piperazine rings is 1. The van der Waals surface area contributed by atoms with Gasteiger partial charge >= 0.3 is 5.97 Å². The smallest absolute Gasteiger partial charge is 0.337 e. The SMILES string of the molecule is O=C(O)c1cccc2cnc(N3CCNCC3)nc12. The zero-order chi connectivity index (χ0) is 13.2. The molecular weight excluding hydrogens is 244 g/mol. The van der Waals surface area contributed by atoms with Crippen molar-refractivity contribution < 1.29 is 9.90 Å². The van der Waals surface area contributed by atoms with Crippen molar-refractivity contribution in [3.8, 4) is 0 Å². The average molecular weight is 258 g/mol. The molecule has 2 N–H and O–H groups in total. The Hall–Kier alpha value is -2.21. The molecule has 1 aliphatic rings. The lowest BCUT2D eigenvalue weighted by Gasteiger charge is -2.27. The zero-order valence-corrected chi connectivity index (χ0v) is 10.3. The van der Waals surface area contributed by atoms with Gasteiger partial charge in [0, 0.05) is 37.8 Å². The Morgan fingerprint density at radius 3 is 2.84 bits per heavy atom. The third-order valence-electron chi connectivity index (χ3n) is 3.23. The van der Waals surface area contributed by atoms with Crippen LogP contribution in [0.3, 0.4) is 0 Å². The van der Waals surface area contributed by atoms with E-state index in [2.05, 4.69) is 20.2 Å². The highest BCUT2D eigenvalue weighted by atomic mass is 16.4. The normalized spacial score (nSPS) is 15.7. The Morgan fingerprint density at radius 2 is 2.11 bits per heavy atom. The summed E-state index contributed by atoms with van der Waals surface area (Å²) in [7, 11) is 0. The van der Waals surface area contributed by atoms with Gasteiger partial charge < -0.3 is 15.3 Å². The first-order valence-electron chi connectivity index (χ1n) is 6.20. The molecule has 1 aromatic carbocycles. The first-order chi connectivity index (χ1) is 9.25. The van der Waals surface area contributed by atoms with E-state index in [0.29, 0.717) is 11.5 Å². The Morgan fingerprint density at radius 1 is 1.32 bits per heavy atom. The van der Waals surface area contributed by atoms with Gasteiger partial charge in [-0.3, -0.25) is 0 Å². The van der Waals surface area contributed by atoms with Crippen LogP contribution in [-0.2, 0) is 0 Å². The molecule has 2 aromatic rings. The number of anilines is 1. The van der Waals surface area contributed by atoms with E-state index in [1.807, 2.05) is 6.07 Å². The molecule has 0 spiro atoms. The number of carboxylic acid groups (broad SMARTS) is 1. The van der Waals surface area contributed by atoms with Crippen LogP contribution in [0.1, 0.15) is 10.4 Å². The Bertz CT molecular complexity index is 623. The number of fused-ring (bicyclic) bond motifs is 1. The molecule has 0 saturated carbocycles. The van der Waals surface area contributed by atoms with E-state index in [4.69, 9.17) is 0 Å². The summed E-state index contributed by atoms with van der Waals surface area (Å²) in [5, 5.41) is 13.2. The van der Waals surface area contributed by atoms with Crippen LogP contribution < -0.4 is 10.2 Å². The first-order valence-corrected chi connectivity index (χ1v) is 6.20. The third-order valence-corrected chi connectivity index (χ3v) is 3.23. The lowest BCUT2D eigenvalue weighted by molar-refractivity contribution is 0.0699. The second-order valence-electron chi connectivity index (χ2n) is 4.46. The number of aromatic nitrogens is 2. The molecular formula is C13H14N4O2. The van der Waals surface area contributed by atoms with E-state index in [9.17, 15) is 9.90 Å². The summed E-state index contributed by atoms with van der Waals surface area (Å²) in [5.74, 6) is -0.363. The van der Waals surface area contributed by atoms with E-state index in [1.54, 1.807) is 18.3 Å². The van der Waals surface area contributed by atoms with Crippen molar-refractivity contribution in [2.75, 3.05) is 31.1 Å². The monoisotopic (exact) mass is 258 g/mol. The number of carbonyl (C=O) groups is 1. The second-order valence-corrected chi connectivity index (χ2v) is 4.46. The number of nitrogens with one attached hydrogen (secondary N) is 1. The number of rotatable bonds is 2. The fraction of sp³-hybridized carbons (Fsp3) is 0.308. The molecule has 2 heterocycles. The molecule has 1 aromatic heterocycles. The first kappa shape index (κ1) is 11.9. The van der Waals surface area contributed by atoms with Gasteiger partial charge in [-0.2, -0.15) is 0 Å². The van der Waals surface area contributed by atoms with Crippen LogP contribution in [0.5, 0.6) is 0 Å². The Kier molecular flexibility index (Phi) is 3.00. The standard InChI is InChI=1S/C13H14N4O2/c18-12(19)10-3-1-2-9-8-15-13(16-11(9)10)17-6-4-14-5-7-17/h1-3,8,14H,4-7H2,(H,18,19). The maximum atomic E-state index is 11.2. The molecule has 3 rings (SSSR count). The molecule has 19 heavy (non-hydrogen) atoms. The highest BCUT2D eigenvalue weighted by Crippen LogP contribution is 2.19. The van der Waals surface area contributed by atoms with Crippen molar-refractivity contribution in [2.24, 2.45) is 0 Å². The topological polar surface area (TPSA) is 78.3 Å². The minimum absolute atomic E-state index is 0.219. The quantitative estimate of drug-likeness (QED) is 0.827. The van der Waals surface area contributed by atoms with Crippen molar-refractivity contribution in [3.63, 3.8) is 0 Å². The summed E-state index contributed by atoms with van der Waals surface area (Å²) in [6.45, 7) is 3.45. The number of aromatic carboxylic acids is 1. The molecule has 0 radical (unpaired) electrons. The number of hydrogen-bond donors (Lipinski definition) is 2. The zero-order valence-electron chi connectivity index (χ0n) is 10.3. The van der Waals surface area contributed by atoms with E-state index < -0.39 is 5.97 Å². The van der Waals surface area contributed by atoms with E-state index in [1.165, 1.54) is 0 Å². The van der Waals surface area contributed by atoms with Gasteiger partial charge in [0.1, 0.15) is 0 Å². The Labute approximate surface area is 110 Å². The van der Waals surface area contributed by atoms with Crippen molar-refractivity contribution in [1.29, 1.82) is 0 Å². The maximum absolute atomic E-state index is 11.2. The number of para-hydroxylation sites is 1. The fourth-order valence-electron chi connectivity index (χ4n) is 2.24. The highest BCUT2D eigenvalue weighted by molar-refractivity contribution is 6.01. The lowest BCUT2D eigenvalue weighted by atomic mass is 10.1. The molecule has 1 saturated heterocycles. The minimum atomic E-state index is -0.962. The average Bonchev–Trinajstić information content (AvgIpc) is 2.47. The second kappa shape index (κ2) is 4.81. The van der Waals surface area contributed by atoms with Gasteiger partial charge in [0.2, 0.25) is 5.95 Å². The van der Waals surface area contributed by atoms with Gasteiger partial charge in [0.15, 0.2) is 0 Å². The number of hydrogen-bond acceptors (Lipinski definition) is 5. The summed E-state index contributed by atoms with van der Waals surface area (Å²) >= 11 is 0. The number of benzene rings is 1. The highest BCUT2D eigenvalue weighted by Gasteiger charge is 2.15. The van der Waals surface area contributed by atoms with Gasteiger partial charge in [0.25, 0.3) is 0 Å². The van der Waals surface area contributed by atoms with E-state index >= 15 is 0 Å². The minimum Gasteiger partial charge on any atom is -0.478 e. The van der Waals surface area contributed by atoms with Crippen molar-refractivity contribution in [3.05, 3.63) is 30.0 Å². The predicted octanol–water partition coefficient (Wildman–Crippen LogP) is 0.738. The van der Waals surface area contributed by atoms with Crippen LogP contribution in [0.25, 0.3) is 10.9 Å². The van der Waals surface area contributed by atoms with E-state index in [-0.39, 0.29) is 5.56 Å². The third kappa shape index (κ3) is 2.22. The molecule has 6 heteroatoms. The van der Waals surface area contributed by atoms with Gasteiger partial charge in [-0.15, -0.1) is 0 Å². The number of nitrogens with zero attached hydrogens (tertiary/aromatic N) is 3. The van der Waals surface area contributed by atoms with Crippen LogP contribution in [0, 0.1) is 0 Å². The molecule has 0 bridgehead atoms. The lowest BCUT2D eigenvalue weighted by Crippen LogP contribution is -2.44. The van der Waals surface area contributed by atoms with Gasteiger partial charge in [0.05, 0.1) is 11.1 Å². The molecule has 6 nitrogen and oxygen atoms in total. The van der Waals surface area contributed by atoms with Crippen LogP contribution >= 0.6 is 0 Å². The summed E-state index contributed by atoms with van der Waals surface area (Å²) in [5.41, 5.74) is 0.717. The van der Waals surface area contributed by atoms with Gasteiger partial charge in [-0.1, -0.05) is 12.1 Å². The van der Waals surface area contributed by atoms with Crippen LogP contribution in [-0.4, -0.2) is 47.2 Å².